The van der Waals surface area contributed by atoms with Crippen LogP contribution in [0, 0.1) is 5.92 Å². The number of rotatable bonds is 3. The minimum absolute atomic E-state index is 0.537. The van der Waals surface area contributed by atoms with Crippen molar-refractivity contribution in [1.29, 1.82) is 0 Å². The van der Waals surface area contributed by atoms with Crippen molar-refractivity contribution in [1.82, 2.24) is 10.2 Å². The number of amidine groups is 1. The van der Waals surface area contributed by atoms with E-state index in [0.29, 0.717) is 11.8 Å². The first kappa shape index (κ1) is 8.77. The van der Waals surface area contributed by atoms with Crippen molar-refractivity contribution in [2.75, 3.05) is 6.54 Å². The molecule has 66 valence electrons. The molecule has 12 heavy (non-hydrogen) atoms. The van der Waals surface area contributed by atoms with Crippen LogP contribution in [-0.4, -0.2) is 22.6 Å². The third kappa shape index (κ3) is 2.38. The van der Waals surface area contributed by atoms with Crippen molar-refractivity contribution in [3.63, 3.8) is 0 Å². The third-order valence-corrected chi connectivity index (χ3v) is 1.42. The zero-order chi connectivity index (χ0) is 8.97. The van der Waals surface area contributed by atoms with E-state index in [-0.39, 0.29) is 0 Å². The van der Waals surface area contributed by atoms with Gasteiger partial charge in [0.05, 0.1) is 11.8 Å². The Balaban J connectivity index is 2.59. The first-order valence-corrected chi connectivity index (χ1v) is 3.99. The molecule has 0 radical (unpaired) electrons. The molecule has 0 aliphatic carbocycles. The molecular weight excluding hydrogens is 152 g/mol. The van der Waals surface area contributed by atoms with Gasteiger partial charge in [0.2, 0.25) is 0 Å². The molecule has 3 N–H and O–H groups in total. The topological polar surface area (TPSA) is 67.1 Å². The Bertz CT molecular complexity index is 248. The number of H-pyrrole nitrogens is 1. The number of aliphatic imine (C=N–C) groups is 1. The molecule has 0 aliphatic rings. The number of hydrogen-bond donors (Lipinski definition) is 2. The maximum Gasteiger partial charge on any atom is 0.128 e. The summed E-state index contributed by atoms with van der Waals surface area (Å²) in [5, 5.41) is 6.47. The van der Waals surface area contributed by atoms with E-state index in [1.165, 1.54) is 0 Å². The predicted octanol–water partition coefficient (Wildman–Crippen LogP) is 0.771. The number of hydrogen-bond acceptors (Lipinski definition) is 2. The van der Waals surface area contributed by atoms with Gasteiger partial charge in [0, 0.05) is 12.7 Å². The van der Waals surface area contributed by atoms with Gasteiger partial charge in [-0.15, -0.1) is 0 Å². The van der Waals surface area contributed by atoms with E-state index in [2.05, 4.69) is 29.0 Å². The summed E-state index contributed by atoms with van der Waals surface area (Å²) in [5.74, 6) is 1.09. The van der Waals surface area contributed by atoms with Crippen molar-refractivity contribution in [2.45, 2.75) is 13.8 Å². The van der Waals surface area contributed by atoms with Gasteiger partial charge in [0.25, 0.3) is 0 Å². The van der Waals surface area contributed by atoms with Crippen LogP contribution in [0.5, 0.6) is 0 Å². The first-order chi connectivity index (χ1) is 5.70. The zero-order valence-electron chi connectivity index (χ0n) is 7.41. The highest BCUT2D eigenvalue weighted by Gasteiger charge is 1.98. The van der Waals surface area contributed by atoms with Gasteiger partial charge in [-0.3, -0.25) is 10.1 Å². The summed E-state index contributed by atoms with van der Waals surface area (Å²) in [6.45, 7) is 4.97. The summed E-state index contributed by atoms with van der Waals surface area (Å²) in [6.07, 6.45) is 3.40. The molecule has 0 fully saturated rings. The van der Waals surface area contributed by atoms with Crippen LogP contribution in [0.1, 0.15) is 19.4 Å². The average Bonchev–Trinajstić information content (AvgIpc) is 2.51. The SMILES string of the molecule is CC(C)CN=C(N)c1cn[nH]c1. The number of aromatic amines is 1. The summed E-state index contributed by atoms with van der Waals surface area (Å²) >= 11 is 0. The van der Waals surface area contributed by atoms with Gasteiger partial charge in [-0.05, 0) is 5.92 Å². The van der Waals surface area contributed by atoms with Gasteiger partial charge in [0.15, 0.2) is 0 Å². The molecule has 0 bridgehead atoms. The minimum atomic E-state index is 0.537. The van der Waals surface area contributed by atoms with Gasteiger partial charge >= 0.3 is 0 Å². The first-order valence-electron chi connectivity index (χ1n) is 3.99. The summed E-state index contributed by atoms with van der Waals surface area (Å²) in [7, 11) is 0. The van der Waals surface area contributed by atoms with Crippen molar-refractivity contribution < 1.29 is 0 Å². The molecule has 1 aromatic heterocycles. The second kappa shape index (κ2) is 3.90. The monoisotopic (exact) mass is 166 g/mol. The minimum Gasteiger partial charge on any atom is -0.383 e. The summed E-state index contributed by atoms with van der Waals surface area (Å²) in [4.78, 5) is 4.20. The van der Waals surface area contributed by atoms with Crippen LogP contribution >= 0.6 is 0 Å². The van der Waals surface area contributed by atoms with Crippen LogP contribution < -0.4 is 5.73 Å². The van der Waals surface area contributed by atoms with E-state index in [1.54, 1.807) is 12.4 Å². The molecule has 0 spiro atoms. The highest BCUT2D eigenvalue weighted by molar-refractivity contribution is 5.96. The van der Waals surface area contributed by atoms with Gasteiger partial charge in [-0.25, -0.2) is 0 Å². The largest absolute Gasteiger partial charge is 0.383 e. The summed E-state index contributed by atoms with van der Waals surface area (Å²) in [6, 6.07) is 0. The molecule has 0 aromatic carbocycles. The lowest BCUT2D eigenvalue weighted by Gasteiger charge is -1.99. The molecule has 4 heteroatoms. The fourth-order valence-electron chi connectivity index (χ4n) is 0.763. The highest BCUT2D eigenvalue weighted by atomic mass is 15.1. The van der Waals surface area contributed by atoms with Crippen molar-refractivity contribution in [3.05, 3.63) is 18.0 Å². The fraction of sp³-hybridized carbons (Fsp3) is 0.500. The molecule has 0 saturated carbocycles. The smallest absolute Gasteiger partial charge is 0.128 e. The quantitative estimate of drug-likeness (QED) is 0.514. The lowest BCUT2D eigenvalue weighted by atomic mass is 10.2. The second-order valence-electron chi connectivity index (χ2n) is 3.11. The van der Waals surface area contributed by atoms with Crippen LogP contribution in [0.25, 0.3) is 0 Å². The lowest BCUT2D eigenvalue weighted by molar-refractivity contribution is 0.665. The van der Waals surface area contributed by atoms with E-state index in [0.717, 1.165) is 12.1 Å². The lowest BCUT2D eigenvalue weighted by Crippen LogP contribution is -2.14. The Morgan fingerprint density at radius 2 is 2.50 bits per heavy atom. The Morgan fingerprint density at radius 1 is 1.75 bits per heavy atom. The van der Waals surface area contributed by atoms with Gasteiger partial charge in [-0.2, -0.15) is 5.10 Å². The number of nitrogens with zero attached hydrogens (tertiary/aromatic N) is 2. The molecule has 0 unspecified atom stereocenters. The van der Waals surface area contributed by atoms with Crippen LogP contribution in [0.3, 0.4) is 0 Å². The Labute approximate surface area is 71.9 Å². The molecule has 1 aromatic rings. The van der Waals surface area contributed by atoms with Crippen LogP contribution in [-0.2, 0) is 0 Å². The number of nitrogens with two attached hydrogens (primary N) is 1. The van der Waals surface area contributed by atoms with E-state index >= 15 is 0 Å². The Kier molecular flexibility index (Phi) is 2.85. The fourth-order valence-corrected chi connectivity index (χ4v) is 0.763. The van der Waals surface area contributed by atoms with E-state index < -0.39 is 0 Å². The summed E-state index contributed by atoms with van der Waals surface area (Å²) < 4.78 is 0. The Hall–Kier alpha value is -1.32. The second-order valence-corrected chi connectivity index (χ2v) is 3.11. The van der Waals surface area contributed by atoms with Crippen molar-refractivity contribution in [2.24, 2.45) is 16.6 Å². The molecule has 1 rings (SSSR count). The van der Waals surface area contributed by atoms with E-state index in [1.807, 2.05) is 0 Å². The molecule has 0 aliphatic heterocycles. The third-order valence-electron chi connectivity index (χ3n) is 1.42. The van der Waals surface area contributed by atoms with Crippen molar-refractivity contribution in [3.8, 4) is 0 Å². The van der Waals surface area contributed by atoms with Crippen LogP contribution in [0.2, 0.25) is 0 Å². The predicted molar refractivity (Wildman–Crippen MR) is 49.0 cm³/mol. The van der Waals surface area contributed by atoms with Gasteiger partial charge in [-0.1, -0.05) is 13.8 Å². The average molecular weight is 166 g/mol. The maximum absolute atomic E-state index is 5.68. The van der Waals surface area contributed by atoms with Crippen LogP contribution in [0.4, 0.5) is 0 Å². The van der Waals surface area contributed by atoms with Gasteiger partial charge in [0.1, 0.15) is 5.84 Å². The molecule has 0 saturated heterocycles. The van der Waals surface area contributed by atoms with Crippen molar-refractivity contribution >= 4 is 5.84 Å². The Morgan fingerprint density at radius 3 is 3.00 bits per heavy atom. The standard InChI is InChI=1S/C8H14N4/c1-6(2)3-10-8(9)7-4-11-12-5-7/h4-6H,3H2,1-2H3,(H2,9,10)(H,11,12). The molecule has 1 heterocycles. The molecule has 0 atom stereocenters. The van der Waals surface area contributed by atoms with Gasteiger partial charge < -0.3 is 5.73 Å². The van der Waals surface area contributed by atoms with Crippen LogP contribution in [0.15, 0.2) is 17.4 Å². The normalized spacial score (nSPS) is 12.4. The highest BCUT2D eigenvalue weighted by Crippen LogP contribution is 1.96. The van der Waals surface area contributed by atoms with E-state index in [9.17, 15) is 0 Å². The maximum atomic E-state index is 5.68. The zero-order valence-corrected chi connectivity index (χ0v) is 7.41. The molecular formula is C8H14N4. The number of nitrogens with one attached hydrogen (secondary N) is 1. The van der Waals surface area contributed by atoms with E-state index in [4.69, 9.17) is 5.73 Å². The summed E-state index contributed by atoms with van der Waals surface area (Å²) in [5.41, 5.74) is 6.53. The molecule has 0 amide bonds. The number of aromatic nitrogens is 2. The molecule has 4 nitrogen and oxygen atoms in total.